The lowest BCUT2D eigenvalue weighted by molar-refractivity contribution is -0.139. The third kappa shape index (κ3) is 13.8. The fraction of sp³-hybridized carbons (Fsp3) is 0.714. The molecule has 0 rings (SSSR count). The van der Waals surface area contributed by atoms with Crippen LogP contribution in [0.2, 0.25) is 0 Å². The molecule has 1 atom stereocenters. The van der Waals surface area contributed by atoms with Gasteiger partial charge in [0.2, 0.25) is 0 Å². The monoisotopic (exact) mass is 193 g/mol. The number of hydrogen-bond acceptors (Lipinski definition) is 4. The molecule has 0 saturated heterocycles. The summed E-state index contributed by atoms with van der Waals surface area (Å²) in [6.45, 7) is 1.93. The fourth-order valence-corrected chi connectivity index (χ4v) is 0.402. The molecule has 0 aromatic rings. The maximum atomic E-state index is 9.99. The maximum Gasteiger partial charge on any atom is 0.320 e. The van der Waals surface area contributed by atoms with Crippen molar-refractivity contribution in [1.29, 1.82) is 0 Å². The summed E-state index contributed by atoms with van der Waals surface area (Å²) in [4.78, 5) is 19.9. The summed E-state index contributed by atoms with van der Waals surface area (Å²) >= 11 is 0. The second-order valence-corrected chi connectivity index (χ2v) is 2.19. The van der Waals surface area contributed by atoms with Gasteiger partial charge in [-0.3, -0.25) is 9.59 Å². The Hall–Kier alpha value is -1.14. The molecule has 0 spiro atoms. The number of carbonyl (C=O) groups is 2. The normalized spacial score (nSPS) is 11.0. The van der Waals surface area contributed by atoms with Crippen LogP contribution in [0.5, 0.6) is 0 Å². The maximum absolute atomic E-state index is 9.99. The van der Waals surface area contributed by atoms with Gasteiger partial charge >= 0.3 is 11.9 Å². The van der Waals surface area contributed by atoms with Gasteiger partial charge in [0.15, 0.2) is 0 Å². The lowest BCUT2D eigenvalue weighted by atomic mass is 10.2. The van der Waals surface area contributed by atoms with E-state index in [1.165, 1.54) is 0 Å². The minimum Gasteiger partial charge on any atom is -0.481 e. The molecule has 78 valence electrons. The molecule has 5 N–H and O–H groups in total. The van der Waals surface area contributed by atoms with Crippen LogP contribution in [0.3, 0.4) is 0 Å². The largest absolute Gasteiger partial charge is 0.481 e. The van der Waals surface area contributed by atoms with Gasteiger partial charge in [0.05, 0.1) is 0 Å². The number of hydrogen-bond donors (Lipinski definition) is 4. The summed E-state index contributed by atoms with van der Waals surface area (Å²) in [6, 6.07) is -1.06. The van der Waals surface area contributed by atoms with Crippen molar-refractivity contribution in [3.63, 3.8) is 0 Å². The van der Waals surface area contributed by atoms with Crippen LogP contribution in [-0.4, -0.2) is 39.9 Å². The molecule has 0 heterocycles. The van der Waals surface area contributed by atoms with Crippen molar-refractivity contribution in [2.24, 2.45) is 5.73 Å². The standard InChI is InChI=1S/C5H9NO4.C2H6O/c6-3(5(9)10)1-2-4(7)8;1-2-3/h3H,1-2,6H2,(H,7,8)(H,9,10);3H,2H2,1H3. The van der Waals surface area contributed by atoms with Crippen molar-refractivity contribution in [3.05, 3.63) is 0 Å². The molecule has 6 nitrogen and oxygen atoms in total. The van der Waals surface area contributed by atoms with Crippen molar-refractivity contribution >= 4 is 11.9 Å². The van der Waals surface area contributed by atoms with Gasteiger partial charge in [-0.25, -0.2) is 0 Å². The predicted molar refractivity (Wildman–Crippen MR) is 45.2 cm³/mol. The molecule has 0 aromatic carbocycles. The van der Waals surface area contributed by atoms with Crippen molar-refractivity contribution in [1.82, 2.24) is 0 Å². The Labute approximate surface area is 76.0 Å². The van der Waals surface area contributed by atoms with Crippen LogP contribution in [0.4, 0.5) is 0 Å². The van der Waals surface area contributed by atoms with E-state index in [0.717, 1.165) is 0 Å². The highest BCUT2D eigenvalue weighted by molar-refractivity contribution is 5.74. The first-order chi connectivity index (χ1) is 5.95. The number of carboxylic acid groups (broad SMARTS) is 2. The lowest BCUT2D eigenvalue weighted by Gasteiger charge is -2.01. The Morgan fingerprint density at radius 1 is 1.38 bits per heavy atom. The molecule has 0 aliphatic rings. The summed E-state index contributed by atoms with van der Waals surface area (Å²) in [5.74, 6) is -2.20. The highest BCUT2D eigenvalue weighted by Gasteiger charge is 2.12. The third-order valence-corrected chi connectivity index (χ3v) is 0.986. The van der Waals surface area contributed by atoms with Crippen LogP contribution < -0.4 is 5.73 Å². The van der Waals surface area contributed by atoms with Crippen LogP contribution in [0.25, 0.3) is 0 Å². The third-order valence-electron chi connectivity index (χ3n) is 0.986. The van der Waals surface area contributed by atoms with E-state index in [2.05, 4.69) is 0 Å². The predicted octanol–water partition coefficient (Wildman–Crippen LogP) is -0.738. The quantitative estimate of drug-likeness (QED) is 0.466. The molecule has 0 aromatic heterocycles. The molecule has 0 saturated carbocycles. The van der Waals surface area contributed by atoms with E-state index in [0.29, 0.717) is 0 Å². The van der Waals surface area contributed by atoms with Crippen LogP contribution in [0, 0.1) is 0 Å². The number of rotatable bonds is 4. The Morgan fingerprint density at radius 2 is 1.77 bits per heavy atom. The zero-order valence-corrected chi connectivity index (χ0v) is 7.43. The van der Waals surface area contributed by atoms with Crippen LogP contribution in [-0.2, 0) is 9.59 Å². The van der Waals surface area contributed by atoms with E-state index < -0.39 is 18.0 Å². The van der Waals surface area contributed by atoms with Gasteiger partial charge in [-0.05, 0) is 13.3 Å². The van der Waals surface area contributed by atoms with E-state index in [1.807, 2.05) is 0 Å². The number of aliphatic carboxylic acids is 2. The lowest BCUT2D eigenvalue weighted by Crippen LogP contribution is -2.30. The smallest absolute Gasteiger partial charge is 0.320 e. The fourth-order valence-electron chi connectivity index (χ4n) is 0.402. The Bertz CT molecular complexity index is 159. The van der Waals surface area contributed by atoms with Crippen LogP contribution in [0.1, 0.15) is 19.8 Å². The summed E-state index contributed by atoms with van der Waals surface area (Å²) in [5, 5.41) is 23.8. The molecule has 0 fully saturated rings. The highest BCUT2D eigenvalue weighted by Crippen LogP contribution is 1.93. The molecule has 0 bridgehead atoms. The van der Waals surface area contributed by atoms with Crippen LogP contribution >= 0.6 is 0 Å². The topological polar surface area (TPSA) is 121 Å². The molecule has 0 aliphatic heterocycles. The van der Waals surface area contributed by atoms with E-state index in [-0.39, 0.29) is 19.4 Å². The molecular formula is C7H15NO5. The van der Waals surface area contributed by atoms with Gasteiger partial charge in [-0.1, -0.05) is 0 Å². The molecule has 13 heavy (non-hydrogen) atoms. The second kappa shape index (κ2) is 8.95. The van der Waals surface area contributed by atoms with E-state index in [9.17, 15) is 9.59 Å². The van der Waals surface area contributed by atoms with Crippen LogP contribution in [0.15, 0.2) is 0 Å². The Morgan fingerprint density at radius 3 is 2.00 bits per heavy atom. The first-order valence-corrected chi connectivity index (χ1v) is 3.76. The van der Waals surface area contributed by atoms with E-state index in [4.69, 9.17) is 21.1 Å². The van der Waals surface area contributed by atoms with Gasteiger partial charge in [-0.15, -0.1) is 0 Å². The second-order valence-electron chi connectivity index (χ2n) is 2.19. The number of aliphatic hydroxyl groups is 1. The SMILES string of the molecule is CCO.NC(CCC(=O)O)C(=O)O. The number of carboxylic acids is 2. The number of nitrogens with two attached hydrogens (primary N) is 1. The molecule has 0 amide bonds. The summed E-state index contributed by atoms with van der Waals surface area (Å²) < 4.78 is 0. The van der Waals surface area contributed by atoms with Crippen molar-refractivity contribution in [2.45, 2.75) is 25.8 Å². The van der Waals surface area contributed by atoms with Crippen molar-refractivity contribution < 1.29 is 24.9 Å². The van der Waals surface area contributed by atoms with Gasteiger partial charge in [0.1, 0.15) is 6.04 Å². The van der Waals surface area contributed by atoms with Crippen molar-refractivity contribution in [2.75, 3.05) is 6.61 Å². The highest BCUT2D eigenvalue weighted by atomic mass is 16.4. The average molecular weight is 193 g/mol. The Balaban J connectivity index is 0. The summed E-state index contributed by atoms with van der Waals surface area (Å²) in [7, 11) is 0. The summed E-state index contributed by atoms with van der Waals surface area (Å²) in [6.07, 6.45) is -0.224. The zero-order chi connectivity index (χ0) is 10.9. The van der Waals surface area contributed by atoms with Gasteiger partial charge in [0, 0.05) is 13.0 Å². The molecule has 6 heteroatoms. The molecule has 0 aliphatic carbocycles. The van der Waals surface area contributed by atoms with E-state index in [1.54, 1.807) is 6.92 Å². The Kier molecular flexibility index (Phi) is 9.91. The zero-order valence-electron chi connectivity index (χ0n) is 7.43. The molecule has 0 radical (unpaired) electrons. The van der Waals surface area contributed by atoms with Crippen molar-refractivity contribution in [3.8, 4) is 0 Å². The van der Waals surface area contributed by atoms with Gasteiger partial charge in [-0.2, -0.15) is 0 Å². The minimum atomic E-state index is -1.17. The van der Waals surface area contributed by atoms with Gasteiger partial charge in [0.25, 0.3) is 0 Å². The average Bonchev–Trinajstić information content (AvgIpc) is 2.01. The molecule has 1 unspecified atom stereocenters. The van der Waals surface area contributed by atoms with E-state index >= 15 is 0 Å². The minimum absolute atomic E-state index is 0.0231. The molecular weight excluding hydrogens is 178 g/mol. The first-order valence-electron chi connectivity index (χ1n) is 3.76. The van der Waals surface area contributed by atoms with Gasteiger partial charge < -0.3 is 21.1 Å². The number of aliphatic hydroxyl groups excluding tert-OH is 1. The summed E-state index contributed by atoms with van der Waals surface area (Å²) in [5.41, 5.74) is 5.00. The first kappa shape index (κ1) is 14.4.